The van der Waals surface area contributed by atoms with E-state index in [9.17, 15) is 4.55 Å². The molecule has 1 atom stereocenters. The van der Waals surface area contributed by atoms with Gasteiger partial charge in [-0.2, -0.15) is 0 Å². The van der Waals surface area contributed by atoms with Crippen molar-refractivity contribution in [1.82, 2.24) is 9.97 Å². The molecule has 0 aliphatic heterocycles. The van der Waals surface area contributed by atoms with Crippen molar-refractivity contribution < 1.29 is 4.55 Å². The lowest BCUT2D eigenvalue weighted by Gasteiger charge is -2.19. The van der Waals surface area contributed by atoms with Crippen LogP contribution < -0.4 is 0 Å². The van der Waals surface area contributed by atoms with Crippen LogP contribution in [-0.4, -0.2) is 31.2 Å². The van der Waals surface area contributed by atoms with Gasteiger partial charge in [0.15, 0.2) is 0 Å². The summed E-state index contributed by atoms with van der Waals surface area (Å²) in [6.45, 7) is 11.6. The van der Waals surface area contributed by atoms with Gasteiger partial charge in [-0.25, -0.2) is 9.97 Å². The zero-order valence-electron chi connectivity index (χ0n) is 14.7. The molecule has 0 radical (unpaired) electrons. The lowest BCUT2D eigenvalue weighted by Crippen LogP contribution is -2.26. The highest BCUT2D eigenvalue weighted by atomic mass is 32.2. The number of benzene rings is 1. The molecule has 124 valence electrons. The minimum Gasteiger partial charge on any atom is -0.591 e. The van der Waals surface area contributed by atoms with Crippen LogP contribution in [0.15, 0.2) is 21.6 Å². The van der Waals surface area contributed by atoms with Crippen molar-refractivity contribution in [3.05, 3.63) is 29.0 Å². The number of rotatable bonds is 3. The van der Waals surface area contributed by atoms with Crippen LogP contribution in [0.3, 0.4) is 0 Å². The molecule has 1 heterocycles. The Morgan fingerprint density at radius 1 is 1.22 bits per heavy atom. The Labute approximate surface area is 145 Å². The molecule has 2 aromatic rings. The van der Waals surface area contributed by atoms with Gasteiger partial charge in [0.25, 0.3) is 0 Å². The maximum atomic E-state index is 12.3. The zero-order valence-corrected chi connectivity index (χ0v) is 16.4. The van der Waals surface area contributed by atoms with E-state index >= 15 is 0 Å². The standard InChI is InChI=1S/C17H23N3OS2/c1-10-8-13(11(2)20-23(21)17(4,5)6)15-14(9-10)18-12(3)16(19-15)22-7/h8-9H,1-7H3. The molecule has 0 aliphatic carbocycles. The topological polar surface area (TPSA) is 61.2 Å². The summed E-state index contributed by atoms with van der Waals surface area (Å²) in [6.07, 6.45) is 1.99. The number of nitrogens with zero attached hydrogens (tertiary/aromatic N) is 3. The second kappa shape index (κ2) is 6.79. The predicted molar refractivity (Wildman–Crippen MR) is 101 cm³/mol. The molecule has 0 saturated carbocycles. The predicted octanol–water partition coefficient (Wildman–Crippen LogP) is 4.24. The first-order valence-electron chi connectivity index (χ1n) is 7.44. The van der Waals surface area contributed by atoms with Crippen LogP contribution in [-0.2, 0) is 11.4 Å². The third-order valence-electron chi connectivity index (χ3n) is 3.37. The van der Waals surface area contributed by atoms with E-state index in [1.807, 2.05) is 59.9 Å². The van der Waals surface area contributed by atoms with Crippen molar-refractivity contribution in [2.45, 2.75) is 51.3 Å². The molecular formula is C17H23N3OS2. The van der Waals surface area contributed by atoms with Crippen molar-refractivity contribution in [2.75, 3.05) is 6.26 Å². The molecule has 23 heavy (non-hydrogen) atoms. The van der Waals surface area contributed by atoms with Crippen molar-refractivity contribution >= 4 is 39.9 Å². The largest absolute Gasteiger partial charge is 0.591 e. The number of aromatic nitrogens is 2. The highest BCUT2D eigenvalue weighted by Gasteiger charge is 2.27. The van der Waals surface area contributed by atoms with E-state index in [1.165, 1.54) is 0 Å². The van der Waals surface area contributed by atoms with Gasteiger partial charge >= 0.3 is 0 Å². The van der Waals surface area contributed by atoms with E-state index in [4.69, 9.17) is 4.98 Å². The normalized spacial score (nSPS) is 14.3. The fraction of sp³-hybridized carbons (Fsp3) is 0.471. The summed E-state index contributed by atoms with van der Waals surface area (Å²) in [6, 6.07) is 4.06. The summed E-state index contributed by atoms with van der Waals surface area (Å²) in [7, 11) is 0. The zero-order chi connectivity index (χ0) is 17.4. The first kappa shape index (κ1) is 18.2. The lowest BCUT2D eigenvalue weighted by molar-refractivity contribution is 0.561. The molecule has 0 N–H and O–H groups in total. The van der Waals surface area contributed by atoms with E-state index in [2.05, 4.69) is 9.38 Å². The third-order valence-corrected chi connectivity index (χ3v) is 5.63. The maximum Gasteiger partial charge on any atom is 0.144 e. The second-order valence-corrected chi connectivity index (χ2v) is 9.24. The lowest BCUT2D eigenvalue weighted by atomic mass is 10.1. The van der Waals surface area contributed by atoms with E-state index < -0.39 is 11.4 Å². The fourth-order valence-electron chi connectivity index (χ4n) is 2.15. The summed E-state index contributed by atoms with van der Waals surface area (Å²) < 4.78 is 16.4. The van der Waals surface area contributed by atoms with Crippen LogP contribution >= 0.6 is 11.8 Å². The van der Waals surface area contributed by atoms with Gasteiger partial charge in [-0.1, -0.05) is 4.40 Å². The highest BCUT2D eigenvalue weighted by molar-refractivity contribution is 7.98. The van der Waals surface area contributed by atoms with Crippen LogP contribution in [0, 0.1) is 13.8 Å². The van der Waals surface area contributed by atoms with Gasteiger partial charge in [0.1, 0.15) is 21.1 Å². The van der Waals surface area contributed by atoms with Gasteiger partial charge in [-0.05, 0) is 65.5 Å². The van der Waals surface area contributed by atoms with Gasteiger partial charge in [0.05, 0.1) is 22.4 Å². The van der Waals surface area contributed by atoms with Crippen molar-refractivity contribution in [1.29, 1.82) is 0 Å². The fourth-order valence-corrected chi connectivity index (χ4v) is 3.30. The Morgan fingerprint density at radius 3 is 2.43 bits per heavy atom. The Morgan fingerprint density at radius 2 is 1.87 bits per heavy atom. The van der Waals surface area contributed by atoms with E-state index in [0.717, 1.165) is 38.6 Å². The number of thioether (sulfide) groups is 1. The Hall–Kier alpha value is -1.11. The molecule has 2 rings (SSSR count). The van der Waals surface area contributed by atoms with Crippen molar-refractivity contribution in [3.63, 3.8) is 0 Å². The molecule has 0 bridgehead atoms. The average molecular weight is 350 g/mol. The highest BCUT2D eigenvalue weighted by Crippen LogP contribution is 2.25. The van der Waals surface area contributed by atoms with Gasteiger partial charge < -0.3 is 4.55 Å². The quantitative estimate of drug-likeness (QED) is 0.472. The monoisotopic (exact) mass is 349 g/mol. The number of aryl methyl sites for hydroxylation is 2. The van der Waals surface area contributed by atoms with Crippen LogP contribution in [0.4, 0.5) is 0 Å². The van der Waals surface area contributed by atoms with Gasteiger partial charge in [0.2, 0.25) is 0 Å². The Balaban J connectivity index is 2.66. The summed E-state index contributed by atoms with van der Waals surface area (Å²) in [5, 5.41) is 0.910. The summed E-state index contributed by atoms with van der Waals surface area (Å²) in [4.78, 5) is 9.41. The number of hydrogen-bond donors (Lipinski definition) is 0. The summed E-state index contributed by atoms with van der Waals surface area (Å²) >= 11 is 0.285. The maximum absolute atomic E-state index is 12.3. The molecular weight excluding hydrogens is 326 g/mol. The minimum absolute atomic E-state index is 0.381. The second-order valence-electron chi connectivity index (χ2n) is 6.54. The van der Waals surface area contributed by atoms with Crippen LogP contribution in [0.25, 0.3) is 11.0 Å². The molecule has 0 aliphatic rings. The van der Waals surface area contributed by atoms with Gasteiger partial charge in [-0.3, -0.25) is 0 Å². The molecule has 4 nitrogen and oxygen atoms in total. The first-order valence-corrected chi connectivity index (χ1v) is 9.77. The SMILES string of the molecule is CSc1nc2c(C(C)=N[S+]([O-])C(C)(C)C)cc(C)cc2nc1C. The minimum atomic E-state index is -1.29. The van der Waals surface area contributed by atoms with E-state index in [1.54, 1.807) is 11.8 Å². The van der Waals surface area contributed by atoms with Crippen molar-refractivity contribution in [3.8, 4) is 0 Å². The van der Waals surface area contributed by atoms with Crippen LogP contribution in [0.2, 0.25) is 0 Å². The first-order chi connectivity index (χ1) is 10.6. The van der Waals surface area contributed by atoms with E-state index in [0.29, 0.717) is 0 Å². The van der Waals surface area contributed by atoms with E-state index in [-0.39, 0.29) is 4.75 Å². The third kappa shape index (κ3) is 4.05. The molecule has 1 aromatic heterocycles. The average Bonchev–Trinajstić information content (AvgIpc) is 2.44. The molecule has 0 fully saturated rings. The summed E-state index contributed by atoms with van der Waals surface area (Å²) in [5.41, 5.74) is 5.32. The Bertz CT molecular complexity index is 767. The molecule has 6 heteroatoms. The van der Waals surface area contributed by atoms with Crippen LogP contribution in [0.1, 0.15) is 44.5 Å². The Kier molecular flexibility index (Phi) is 5.38. The molecule has 0 saturated heterocycles. The van der Waals surface area contributed by atoms with Gasteiger partial charge in [0, 0.05) is 5.56 Å². The molecule has 0 amide bonds. The van der Waals surface area contributed by atoms with Gasteiger partial charge in [-0.15, -0.1) is 11.8 Å². The molecule has 0 spiro atoms. The van der Waals surface area contributed by atoms with Crippen LogP contribution in [0.5, 0.6) is 0 Å². The molecule has 1 aromatic carbocycles. The smallest absolute Gasteiger partial charge is 0.144 e. The summed E-state index contributed by atoms with van der Waals surface area (Å²) in [5.74, 6) is 0. The number of hydrogen-bond acceptors (Lipinski definition) is 5. The molecule has 1 unspecified atom stereocenters. The van der Waals surface area contributed by atoms with Crippen molar-refractivity contribution in [2.24, 2.45) is 4.40 Å². The number of fused-ring (bicyclic) bond motifs is 1.